The Hall–Kier alpha value is -2.29. The van der Waals surface area contributed by atoms with E-state index in [2.05, 4.69) is 23.5 Å². The maximum absolute atomic E-state index is 11.7. The van der Waals surface area contributed by atoms with E-state index in [1.807, 2.05) is 43.3 Å². The second kappa shape index (κ2) is 7.48. The van der Waals surface area contributed by atoms with Gasteiger partial charge in [0.1, 0.15) is 6.04 Å². The zero-order valence-corrected chi connectivity index (χ0v) is 12.5. The normalized spacial score (nSPS) is 11.7. The van der Waals surface area contributed by atoms with Crippen molar-refractivity contribution in [2.24, 2.45) is 0 Å². The lowest BCUT2D eigenvalue weighted by Crippen LogP contribution is -2.30. The molecule has 1 N–H and O–H groups in total. The standard InChI is InChI=1S/C18H21NO2/c1-3-16(18(20)21-2)19-17-12-8-7-11-15(17)13-14-9-5-4-6-10-14/h4-12,16,19H,3,13H2,1-2H3. The molecule has 0 heterocycles. The molecule has 0 aromatic heterocycles. The summed E-state index contributed by atoms with van der Waals surface area (Å²) >= 11 is 0. The van der Waals surface area contributed by atoms with E-state index in [1.165, 1.54) is 18.2 Å². The van der Waals surface area contributed by atoms with Crippen molar-refractivity contribution in [3.63, 3.8) is 0 Å². The minimum atomic E-state index is -0.313. The predicted octanol–water partition coefficient (Wildman–Crippen LogP) is 3.64. The maximum Gasteiger partial charge on any atom is 0.328 e. The maximum atomic E-state index is 11.7. The Balaban J connectivity index is 2.18. The van der Waals surface area contributed by atoms with Crippen molar-refractivity contribution in [1.29, 1.82) is 0 Å². The van der Waals surface area contributed by atoms with Gasteiger partial charge in [0, 0.05) is 5.69 Å². The molecule has 0 saturated heterocycles. The van der Waals surface area contributed by atoms with Gasteiger partial charge in [-0.15, -0.1) is 0 Å². The van der Waals surface area contributed by atoms with Crippen LogP contribution < -0.4 is 5.32 Å². The number of esters is 1. The average molecular weight is 283 g/mol. The van der Waals surface area contributed by atoms with Crippen LogP contribution in [0.3, 0.4) is 0 Å². The summed E-state index contributed by atoms with van der Waals surface area (Å²) in [7, 11) is 1.42. The van der Waals surface area contributed by atoms with Gasteiger partial charge in [0.25, 0.3) is 0 Å². The molecule has 0 aliphatic heterocycles. The summed E-state index contributed by atoms with van der Waals surface area (Å²) < 4.78 is 4.83. The smallest absolute Gasteiger partial charge is 0.328 e. The molecule has 0 amide bonds. The van der Waals surface area contributed by atoms with E-state index in [4.69, 9.17) is 4.74 Å². The minimum absolute atomic E-state index is 0.230. The number of benzene rings is 2. The second-order valence-electron chi connectivity index (χ2n) is 4.95. The minimum Gasteiger partial charge on any atom is -0.467 e. The van der Waals surface area contributed by atoms with Crippen molar-refractivity contribution in [2.75, 3.05) is 12.4 Å². The summed E-state index contributed by atoms with van der Waals surface area (Å²) in [4.78, 5) is 11.7. The van der Waals surface area contributed by atoms with Crippen LogP contribution in [-0.4, -0.2) is 19.1 Å². The number of carbonyl (C=O) groups excluding carboxylic acids is 1. The molecule has 0 aliphatic rings. The van der Waals surface area contributed by atoms with Gasteiger partial charge >= 0.3 is 5.97 Å². The van der Waals surface area contributed by atoms with Crippen molar-refractivity contribution >= 4 is 11.7 Å². The third-order valence-electron chi connectivity index (χ3n) is 3.48. The van der Waals surface area contributed by atoms with Crippen LogP contribution in [0, 0.1) is 0 Å². The highest BCUT2D eigenvalue weighted by atomic mass is 16.5. The van der Waals surface area contributed by atoms with Crippen molar-refractivity contribution in [1.82, 2.24) is 0 Å². The summed E-state index contributed by atoms with van der Waals surface area (Å²) in [6.07, 6.45) is 1.52. The fourth-order valence-electron chi connectivity index (χ4n) is 2.29. The van der Waals surface area contributed by atoms with E-state index < -0.39 is 0 Å². The van der Waals surface area contributed by atoms with E-state index >= 15 is 0 Å². The molecular weight excluding hydrogens is 262 g/mol. The molecule has 110 valence electrons. The van der Waals surface area contributed by atoms with Gasteiger partial charge in [0.15, 0.2) is 0 Å². The van der Waals surface area contributed by atoms with E-state index in [0.717, 1.165) is 12.1 Å². The van der Waals surface area contributed by atoms with Crippen LogP contribution >= 0.6 is 0 Å². The fourth-order valence-corrected chi connectivity index (χ4v) is 2.29. The number of carbonyl (C=O) groups is 1. The van der Waals surface area contributed by atoms with Crippen molar-refractivity contribution < 1.29 is 9.53 Å². The highest BCUT2D eigenvalue weighted by molar-refractivity contribution is 5.79. The van der Waals surface area contributed by atoms with Gasteiger partial charge in [-0.1, -0.05) is 55.5 Å². The topological polar surface area (TPSA) is 38.3 Å². The van der Waals surface area contributed by atoms with Crippen molar-refractivity contribution in [3.05, 3.63) is 65.7 Å². The van der Waals surface area contributed by atoms with Crippen LogP contribution in [0.4, 0.5) is 5.69 Å². The molecule has 1 atom stereocenters. The summed E-state index contributed by atoms with van der Waals surface area (Å²) in [6, 6.07) is 18.1. The van der Waals surface area contributed by atoms with Gasteiger partial charge in [0.2, 0.25) is 0 Å². The van der Waals surface area contributed by atoms with Gasteiger partial charge < -0.3 is 10.1 Å². The Labute approximate surface area is 126 Å². The number of ether oxygens (including phenoxy) is 1. The molecule has 2 rings (SSSR count). The predicted molar refractivity (Wildman–Crippen MR) is 85.4 cm³/mol. The number of methoxy groups -OCH3 is 1. The Morgan fingerprint density at radius 1 is 1.10 bits per heavy atom. The molecule has 0 aliphatic carbocycles. The van der Waals surface area contributed by atoms with Gasteiger partial charge in [0.05, 0.1) is 7.11 Å². The van der Waals surface area contributed by atoms with Gasteiger partial charge in [-0.25, -0.2) is 4.79 Å². The molecule has 1 unspecified atom stereocenters. The fraction of sp³-hybridized carbons (Fsp3) is 0.278. The largest absolute Gasteiger partial charge is 0.467 e. The number of nitrogens with one attached hydrogen (secondary N) is 1. The lowest BCUT2D eigenvalue weighted by molar-refractivity contribution is -0.141. The molecule has 3 heteroatoms. The van der Waals surface area contributed by atoms with Gasteiger partial charge in [-0.05, 0) is 30.0 Å². The Morgan fingerprint density at radius 3 is 2.43 bits per heavy atom. The third-order valence-corrected chi connectivity index (χ3v) is 3.48. The van der Waals surface area contributed by atoms with E-state index in [9.17, 15) is 4.79 Å². The molecule has 0 bridgehead atoms. The summed E-state index contributed by atoms with van der Waals surface area (Å²) in [6.45, 7) is 1.97. The second-order valence-corrected chi connectivity index (χ2v) is 4.95. The molecule has 3 nitrogen and oxygen atoms in total. The first kappa shape index (κ1) is 15.1. The van der Waals surface area contributed by atoms with Crippen molar-refractivity contribution in [3.8, 4) is 0 Å². The van der Waals surface area contributed by atoms with Crippen LogP contribution in [0.25, 0.3) is 0 Å². The highest BCUT2D eigenvalue weighted by Gasteiger charge is 2.17. The number of para-hydroxylation sites is 1. The molecule has 0 radical (unpaired) electrons. The molecule has 21 heavy (non-hydrogen) atoms. The Morgan fingerprint density at radius 2 is 1.76 bits per heavy atom. The summed E-state index contributed by atoms with van der Waals surface area (Å²) in [5.41, 5.74) is 3.41. The van der Waals surface area contributed by atoms with Gasteiger partial charge in [-0.2, -0.15) is 0 Å². The quantitative estimate of drug-likeness (QED) is 0.823. The Kier molecular flexibility index (Phi) is 5.38. The lowest BCUT2D eigenvalue weighted by Gasteiger charge is -2.18. The van der Waals surface area contributed by atoms with Crippen LogP contribution in [-0.2, 0) is 16.0 Å². The average Bonchev–Trinajstić information content (AvgIpc) is 2.54. The van der Waals surface area contributed by atoms with E-state index in [0.29, 0.717) is 6.42 Å². The molecular formula is C18H21NO2. The molecule has 0 fully saturated rings. The number of hydrogen-bond donors (Lipinski definition) is 1. The van der Waals surface area contributed by atoms with E-state index in [1.54, 1.807) is 0 Å². The summed E-state index contributed by atoms with van der Waals surface area (Å²) in [5.74, 6) is -0.230. The molecule has 2 aromatic carbocycles. The first-order valence-corrected chi connectivity index (χ1v) is 7.20. The first-order chi connectivity index (χ1) is 10.2. The van der Waals surface area contributed by atoms with Crippen molar-refractivity contribution in [2.45, 2.75) is 25.8 Å². The molecule has 2 aromatic rings. The zero-order valence-electron chi connectivity index (χ0n) is 12.5. The van der Waals surface area contributed by atoms with Crippen LogP contribution in [0.5, 0.6) is 0 Å². The monoisotopic (exact) mass is 283 g/mol. The number of rotatable bonds is 6. The molecule has 0 saturated carbocycles. The molecule has 0 spiro atoms. The Bertz CT molecular complexity index is 581. The first-order valence-electron chi connectivity index (χ1n) is 7.20. The van der Waals surface area contributed by atoms with Crippen LogP contribution in [0.2, 0.25) is 0 Å². The highest BCUT2D eigenvalue weighted by Crippen LogP contribution is 2.20. The third kappa shape index (κ3) is 4.09. The van der Waals surface area contributed by atoms with Crippen LogP contribution in [0.15, 0.2) is 54.6 Å². The number of anilines is 1. The van der Waals surface area contributed by atoms with Crippen LogP contribution in [0.1, 0.15) is 24.5 Å². The number of hydrogen-bond acceptors (Lipinski definition) is 3. The van der Waals surface area contributed by atoms with Gasteiger partial charge in [-0.3, -0.25) is 0 Å². The van der Waals surface area contributed by atoms with E-state index in [-0.39, 0.29) is 12.0 Å². The SMILES string of the molecule is CCC(Nc1ccccc1Cc1ccccc1)C(=O)OC. The zero-order chi connectivity index (χ0) is 15.1. The lowest BCUT2D eigenvalue weighted by atomic mass is 10.0. The summed E-state index contributed by atoms with van der Waals surface area (Å²) in [5, 5.41) is 3.29.